The molecule has 0 radical (unpaired) electrons. The summed E-state index contributed by atoms with van der Waals surface area (Å²) in [4.78, 5) is 16.3. The molecule has 1 aliphatic heterocycles. The van der Waals surface area contributed by atoms with Gasteiger partial charge >= 0.3 is 0 Å². The van der Waals surface area contributed by atoms with Gasteiger partial charge in [0, 0.05) is 25.1 Å². The van der Waals surface area contributed by atoms with Crippen molar-refractivity contribution in [2.75, 3.05) is 19.8 Å². The molecule has 2 atom stereocenters. The number of aromatic nitrogens is 1. The smallest absolute Gasteiger partial charge is 0.270 e. The van der Waals surface area contributed by atoms with Crippen molar-refractivity contribution in [2.45, 2.75) is 32.3 Å². The highest BCUT2D eigenvalue weighted by Gasteiger charge is 2.22. The average Bonchev–Trinajstić information content (AvgIpc) is 3.06. The fourth-order valence-electron chi connectivity index (χ4n) is 1.99. The molecule has 0 saturated carbocycles. The largest absolute Gasteiger partial charge is 0.396 e. The molecule has 2 rings (SSSR count). The van der Waals surface area contributed by atoms with Crippen LogP contribution >= 0.6 is 11.3 Å². The Balaban J connectivity index is 1.85. The van der Waals surface area contributed by atoms with E-state index < -0.39 is 0 Å². The molecule has 6 heteroatoms. The first-order chi connectivity index (χ1) is 9.20. The molecule has 1 amide bonds. The molecule has 0 bridgehead atoms. The third-order valence-electron chi connectivity index (χ3n) is 3.19. The van der Waals surface area contributed by atoms with E-state index in [1.54, 1.807) is 5.38 Å². The van der Waals surface area contributed by atoms with Gasteiger partial charge < -0.3 is 15.2 Å². The average molecular weight is 284 g/mol. The van der Waals surface area contributed by atoms with Gasteiger partial charge in [0.25, 0.3) is 5.91 Å². The Kier molecular flexibility index (Phi) is 5.30. The van der Waals surface area contributed by atoms with Gasteiger partial charge in [-0.2, -0.15) is 0 Å². The van der Waals surface area contributed by atoms with E-state index >= 15 is 0 Å². The zero-order chi connectivity index (χ0) is 13.7. The van der Waals surface area contributed by atoms with Crippen LogP contribution in [0.5, 0.6) is 0 Å². The highest BCUT2D eigenvalue weighted by Crippen LogP contribution is 2.30. The van der Waals surface area contributed by atoms with E-state index in [1.807, 2.05) is 6.92 Å². The topological polar surface area (TPSA) is 71.5 Å². The number of carbonyl (C=O) groups is 1. The van der Waals surface area contributed by atoms with E-state index in [9.17, 15) is 4.79 Å². The predicted octanol–water partition coefficient (Wildman–Crippen LogP) is 1.74. The van der Waals surface area contributed by atoms with E-state index in [2.05, 4.69) is 10.3 Å². The van der Waals surface area contributed by atoms with Crippen molar-refractivity contribution in [3.8, 4) is 0 Å². The van der Waals surface area contributed by atoms with Gasteiger partial charge in [0.15, 0.2) is 0 Å². The van der Waals surface area contributed by atoms with Crippen LogP contribution < -0.4 is 5.32 Å². The van der Waals surface area contributed by atoms with Gasteiger partial charge in [-0.05, 0) is 25.2 Å². The van der Waals surface area contributed by atoms with Crippen molar-refractivity contribution in [3.05, 3.63) is 16.1 Å². The number of carbonyl (C=O) groups excluding carboxylic acids is 1. The van der Waals surface area contributed by atoms with Gasteiger partial charge in [-0.25, -0.2) is 4.98 Å². The van der Waals surface area contributed by atoms with Crippen LogP contribution in [-0.4, -0.2) is 35.8 Å². The highest BCUT2D eigenvalue weighted by molar-refractivity contribution is 7.09. The molecule has 2 heterocycles. The second kappa shape index (κ2) is 6.98. The summed E-state index contributed by atoms with van der Waals surface area (Å²) in [6.45, 7) is 3.49. The van der Waals surface area contributed by atoms with Crippen LogP contribution in [0.1, 0.15) is 47.8 Å². The molecule has 0 spiro atoms. The maximum absolute atomic E-state index is 11.9. The van der Waals surface area contributed by atoms with E-state index in [4.69, 9.17) is 9.84 Å². The number of ether oxygens (including phenoxy) is 1. The van der Waals surface area contributed by atoms with E-state index in [0.717, 1.165) is 24.5 Å². The second-order valence-electron chi connectivity index (χ2n) is 4.90. The van der Waals surface area contributed by atoms with Crippen molar-refractivity contribution in [1.82, 2.24) is 10.3 Å². The number of rotatable bonds is 6. The Morgan fingerprint density at radius 2 is 2.58 bits per heavy atom. The Bertz CT molecular complexity index is 416. The van der Waals surface area contributed by atoms with Crippen molar-refractivity contribution in [1.29, 1.82) is 0 Å². The molecular weight excluding hydrogens is 264 g/mol. The van der Waals surface area contributed by atoms with Crippen LogP contribution in [-0.2, 0) is 4.74 Å². The van der Waals surface area contributed by atoms with Gasteiger partial charge in [0.2, 0.25) is 0 Å². The standard InChI is InChI=1S/C13H20N2O3S/c1-9(4-5-16)7-14-12(17)10-8-19-13(15-10)11-3-2-6-18-11/h8-9,11,16H,2-7H2,1H3,(H,14,17). The fourth-order valence-corrected chi connectivity index (χ4v) is 2.87. The molecule has 0 aromatic carbocycles. The third kappa shape index (κ3) is 3.99. The number of amides is 1. The maximum atomic E-state index is 11.9. The molecule has 0 aliphatic carbocycles. The Morgan fingerprint density at radius 1 is 1.74 bits per heavy atom. The number of aliphatic hydroxyl groups excluding tert-OH is 1. The second-order valence-corrected chi connectivity index (χ2v) is 5.79. The summed E-state index contributed by atoms with van der Waals surface area (Å²) in [5.74, 6) is 0.121. The first-order valence-electron chi connectivity index (χ1n) is 6.66. The van der Waals surface area contributed by atoms with E-state index in [0.29, 0.717) is 18.7 Å². The molecule has 1 aromatic heterocycles. The summed E-state index contributed by atoms with van der Waals surface area (Å²) >= 11 is 1.48. The Morgan fingerprint density at radius 3 is 3.26 bits per heavy atom. The maximum Gasteiger partial charge on any atom is 0.270 e. The van der Waals surface area contributed by atoms with Crippen molar-refractivity contribution in [3.63, 3.8) is 0 Å². The summed E-state index contributed by atoms with van der Waals surface area (Å²) in [5.41, 5.74) is 0.465. The van der Waals surface area contributed by atoms with Crippen LogP contribution in [0.3, 0.4) is 0 Å². The number of nitrogens with zero attached hydrogens (tertiary/aromatic N) is 1. The molecule has 2 unspecified atom stereocenters. The molecule has 1 aliphatic rings. The Labute approximate surface area is 117 Å². The molecule has 106 valence electrons. The first kappa shape index (κ1) is 14.4. The summed E-state index contributed by atoms with van der Waals surface area (Å²) < 4.78 is 5.55. The van der Waals surface area contributed by atoms with Crippen LogP contribution in [0.4, 0.5) is 0 Å². The lowest BCUT2D eigenvalue weighted by Gasteiger charge is -2.10. The van der Waals surface area contributed by atoms with Gasteiger partial charge in [-0.15, -0.1) is 11.3 Å². The summed E-state index contributed by atoms with van der Waals surface area (Å²) in [6, 6.07) is 0. The summed E-state index contributed by atoms with van der Waals surface area (Å²) in [6.07, 6.45) is 2.81. The van der Waals surface area contributed by atoms with Crippen LogP contribution in [0.2, 0.25) is 0 Å². The number of hydrogen-bond donors (Lipinski definition) is 2. The summed E-state index contributed by atoms with van der Waals surface area (Å²) in [5, 5.41) is 14.3. The molecule has 2 N–H and O–H groups in total. The normalized spacial score (nSPS) is 20.4. The fraction of sp³-hybridized carbons (Fsp3) is 0.692. The van der Waals surface area contributed by atoms with Crippen LogP contribution in [0.25, 0.3) is 0 Å². The monoisotopic (exact) mass is 284 g/mol. The first-order valence-corrected chi connectivity index (χ1v) is 7.54. The van der Waals surface area contributed by atoms with E-state index in [-0.39, 0.29) is 24.5 Å². The zero-order valence-corrected chi connectivity index (χ0v) is 11.9. The number of hydrogen-bond acceptors (Lipinski definition) is 5. The van der Waals surface area contributed by atoms with Crippen molar-refractivity contribution < 1.29 is 14.6 Å². The van der Waals surface area contributed by atoms with Crippen molar-refractivity contribution >= 4 is 17.2 Å². The minimum absolute atomic E-state index is 0.0693. The highest BCUT2D eigenvalue weighted by atomic mass is 32.1. The molecule has 1 aromatic rings. The van der Waals surface area contributed by atoms with E-state index in [1.165, 1.54) is 11.3 Å². The lowest BCUT2D eigenvalue weighted by atomic mass is 10.1. The van der Waals surface area contributed by atoms with Crippen molar-refractivity contribution in [2.24, 2.45) is 5.92 Å². The molecule has 1 saturated heterocycles. The number of nitrogens with one attached hydrogen (secondary N) is 1. The lowest BCUT2D eigenvalue weighted by Crippen LogP contribution is -2.28. The molecular formula is C13H20N2O3S. The summed E-state index contributed by atoms with van der Waals surface area (Å²) in [7, 11) is 0. The Hall–Kier alpha value is -0.980. The van der Waals surface area contributed by atoms with Gasteiger partial charge in [-0.1, -0.05) is 6.92 Å². The van der Waals surface area contributed by atoms with Gasteiger partial charge in [0.1, 0.15) is 16.8 Å². The molecule has 5 nitrogen and oxygen atoms in total. The molecule has 1 fully saturated rings. The molecule has 19 heavy (non-hydrogen) atoms. The minimum atomic E-state index is -0.148. The zero-order valence-electron chi connectivity index (χ0n) is 11.1. The third-order valence-corrected chi connectivity index (χ3v) is 4.13. The predicted molar refractivity (Wildman–Crippen MR) is 73.2 cm³/mol. The quantitative estimate of drug-likeness (QED) is 0.834. The van der Waals surface area contributed by atoms with Crippen LogP contribution in [0, 0.1) is 5.92 Å². The van der Waals surface area contributed by atoms with Gasteiger partial charge in [0.05, 0.1) is 0 Å². The number of aliphatic hydroxyl groups is 1. The lowest BCUT2D eigenvalue weighted by molar-refractivity contribution is 0.0938. The SMILES string of the molecule is CC(CCO)CNC(=O)c1csc(C2CCCO2)n1. The number of thiazole rings is 1. The van der Waals surface area contributed by atoms with Gasteiger partial charge in [-0.3, -0.25) is 4.79 Å². The minimum Gasteiger partial charge on any atom is -0.396 e. The van der Waals surface area contributed by atoms with Crippen LogP contribution in [0.15, 0.2) is 5.38 Å².